The van der Waals surface area contributed by atoms with Crippen molar-refractivity contribution >= 4 is 5.91 Å². The number of nitrogens with one attached hydrogen (secondary N) is 1. The SMILES string of the molecule is CCCCCCCCCCCC/C=C/CC/C=C/C(O)C(CO)NC(=O)CCCCCCCCCCCCCCC/C=C\CCCCCCCCCCCCCC. The van der Waals surface area contributed by atoms with Crippen molar-refractivity contribution in [1.82, 2.24) is 5.32 Å². The highest BCUT2D eigenvalue weighted by Gasteiger charge is 2.17. The van der Waals surface area contributed by atoms with Gasteiger partial charge in [-0.3, -0.25) is 4.79 Å². The molecule has 1 amide bonds. The van der Waals surface area contributed by atoms with E-state index in [9.17, 15) is 15.0 Å². The Labute approximate surface area is 357 Å². The molecular formula is C53H101NO3. The van der Waals surface area contributed by atoms with Gasteiger partial charge in [-0.25, -0.2) is 0 Å². The molecule has 0 rings (SSSR count). The smallest absolute Gasteiger partial charge is 0.220 e. The zero-order valence-electron chi connectivity index (χ0n) is 38.6. The molecule has 0 aliphatic heterocycles. The summed E-state index contributed by atoms with van der Waals surface area (Å²) in [5, 5.41) is 23.0. The molecule has 0 bridgehead atoms. The topological polar surface area (TPSA) is 69.6 Å². The fourth-order valence-electron chi connectivity index (χ4n) is 7.90. The van der Waals surface area contributed by atoms with Crippen molar-refractivity contribution in [2.75, 3.05) is 6.61 Å². The predicted molar refractivity (Wildman–Crippen MR) is 253 cm³/mol. The van der Waals surface area contributed by atoms with Gasteiger partial charge in [-0.05, 0) is 57.8 Å². The molecule has 0 aromatic carbocycles. The van der Waals surface area contributed by atoms with E-state index in [1.54, 1.807) is 6.08 Å². The van der Waals surface area contributed by atoms with E-state index in [2.05, 4.69) is 43.5 Å². The van der Waals surface area contributed by atoms with E-state index in [1.165, 1.54) is 225 Å². The van der Waals surface area contributed by atoms with Crippen LogP contribution < -0.4 is 5.32 Å². The van der Waals surface area contributed by atoms with Crippen molar-refractivity contribution in [2.24, 2.45) is 0 Å². The summed E-state index contributed by atoms with van der Waals surface area (Å²) in [5.41, 5.74) is 0. The Hall–Kier alpha value is -1.39. The molecule has 0 aliphatic rings. The van der Waals surface area contributed by atoms with Crippen LogP contribution in [-0.2, 0) is 4.79 Å². The summed E-state index contributed by atoms with van der Waals surface area (Å²) in [6.45, 7) is 4.31. The highest BCUT2D eigenvalue weighted by Crippen LogP contribution is 2.16. The summed E-state index contributed by atoms with van der Waals surface area (Å²) in [5.74, 6) is -0.0714. The van der Waals surface area contributed by atoms with Crippen molar-refractivity contribution in [1.29, 1.82) is 0 Å². The average Bonchev–Trinajstić information content (AvgIpc) is 3.22. The Balaban J connectivity index is 3.50. The van der Waals surface area contributed by atoms with E-state index >= 15 is 0 Å². The first-order valence-corrected chi connectivity index (χ1v) is 25.7. The fraction of sp³-hybridized carbons (Fsp3) is 0.868. The van der Waals surface area contributed by atoms with Crippen LogP contribution in [0.4, 0.5) is 0 Å². The molecular weight excluding hydrogens is 699 g/mol. The summed E-state index contributed by atoms with van der Waals surface area (Å²) in [6.07, 6.45) is 65.8. The molecule has 0 saturated heterocycles. The molecule has 57 heavy (non-hydrogen) atoms. The van der Waals surface area contributed by atoms with Crippen molar-refractivity contribution < 1.29 is 15.0 Å². The van der Waals surface area contributed by atoms with Crippen LogP contribution >= 0.6 is 0 Å². The van der Waals surface area contributed by atoms with Crippen molar-refractivity contribution in [3.63, 3.8) is 0 Å². The Morgan fingerprint density at radius 2 is 0.684 bits per heavy atom. The van der Waals surface area contributed by atoms with Crippen LogP contribution in [-0.4, -0.2) is 34.9 Å². The van der Waals surface area contributed by atoms with Crippen LogP contribution in [0, 0.1) is 0 Å². The Morgan fingerprint density at radius 3 is 1.02 bits per heavy atom. The molecule has 0 aromatic rings. The van der Waals surface area contributed by atoms with Crippen LogP contribution in [0.15, 0.2) is 36.5 Å². The van der Waals surface area contributed by atoms with Crippen molar-refractivity contribution in [3.8, 4) is 0 Å². The normalized spacial score (nSPS) is 13.1. The number of rotatable bonds is 47. The van der Waals surface area contributed by atoms with Crippen LogP contribution in [0.2, 0.25) is 0 Å². The molecule has 336 valence electrons. The third kappa shape index (κ3) is 45.5. The highest BCUT2D eigenvalue weighted by molar-refractivity contribution is 5.76. The lowest BCUT2D eigenvalue weighted by molar-refractivity contribution is -0.123. The Kier molecular flexibility index (Phi) is 47.8. The maximum absolute atomic E-state index is 12.4. The number of unbranched alkanes of at least 4 members (excludes halogenated alkanes) is 36. The molecule has 0 radical (unpaired) electrons. The molecule has 2 unspecified atom stereocenters. The molecule has 0 heterocycles. The van der Waals surface area contributed by atoms with Crippen LogP contribution in [0.3, 0.4) is 0 Å². The second-order valence-corrected chi connectivity index (χ2v) is 17.6. The number of amides is 1. The molecule has 4 heteroatoms. The standard InChI is InChI=1S/C53H101NO3/c1-3-5-7-9-11-13-15-17-19-21-22-23-24-25-26-27-28-29-30-31-32-33-35-37-39-41-43-45-47-49-53(57)54-51(50-55)52(56)48-46-44-42-40-38-36-34-20-18-16-14-12-10-8-6-4-2/h25-26,38,40,46,48,51-52,55-56H,3-24,27-37,39,41-45,47,49-50H2,1-2H3,(H,54,57)/b26-25-,40-38+,48-46+. The van der Waals surface area contributed by atoms with E-state index in [0.717, 1.165) is 32.1 Å². The second-order valence-electron chi connectivity index (χ2n) is 17.6. The van der Waals surface area contributed by atoms with Gasteiger partial charge in [0.1, 0.15) is 0 Å². The van der Waals surface area contributed by atoms with E-state index in [0.29, 0.717) is 6.42 Å². The lowest BCUT2D eigenvalue weighted by Gasteiger charge is -2.19. The van der Waals surface area contributed by atoms with E-state index in [4.69, 9.17) is 0 Å². The van der Waals surface area contributed by atoms with Crippen molar-refractivity contribution in [2.45, 2.75) is 289 Å². The summed E-state index contributed by atoms with van der Waals surface area (Å²) in [7, 11) is 0. The minimum atomic E-state index is -0.861. The van der Waals surface area contributed by atoms with Crippen LogP contribution in [0.1, 0.15) is 277 Å². The number of hydrogen-bond donors (Lipinski definition) is 3. The van der Waals surface area contributed by atoms with Crippen molar-refractivity contribution in [3.05, 3.63) is 36.5 Å². The molecule has 0 aliphatic carbocycles. The molecule has 0 aromatic heterocycles. The van der Waals surface area contributed by atoms with Gasteiger partial charge in [0.2, 0.25) is 5.91 Å². The van der Waals surface area contributed by atoms with E-state index in [-0.39, 0.29) is 12.5 Å². The van der Waals surface area contributed by atoms with E-state index in [1.807, 2.05) is 6.08 Å². The summed E-state index contributed by atoms with van der Waals surface area (Å²) >= 11 is 0. The molecule has 0 saturated carbocycles. The number of aliphatic hydroxyl groups excluding tert-OH is 2. The van der Waals surface area contributed by atoms with Crippen LogP contribution in [0.25, 0.3) is 0 Å². The third-order valence-corrected chi connectivity index (χ3v) is 11.8. The van der Waals surface area contributed by atoms with Gasteiger partial charge in [0.15, 0.2) is 0 Å². The first kappa shape index (κ1) is 55.6. The number of carbonyl (C=O) groups excluding carboxylic acids is 1. The lowest BCUT2D eigenvalue weighted by atomic mass is 10.0. The number of allylic oxidation sites excluding steroid dienone is 5. The minimum absolute atomic E-state index is 0.0714. The third-order valence-electron chi connectivity index (χ3n) is 11.8. The minimum Gasteiger partial charge on any atom is -0.394 e. The number of aliphatic hydroxyl groups is 2. The monoisotopic (exact) mass is 800 g/mol. The summed E-state index contributed by atoms with van der Waals surface area (Å²) in [6, 6.07) is -0.638. The quantitative estimate of drug-likeness (QED) is 0.0424. The largest absolute Gasteiger partial charge is 0.394 e. The Morgan fingerprint density at radius 1 is 0.404 bits per heavy atom. The number of hydrogen-bond acceptors (Lipinski definition) is 3. The van der Waals surface area contributed by atoms with Gasteiger partial charge in [0, 0.05) is 6.42 Å². The fourth-order valence-corrected chi connectivity index (χ4v) is 7.90. The van der Waals surface area contributed by atoms with Gasteiger partial charge in [-0.15, -0.1) is 0 Å². The average molecular weight is 800 g/mol. The lowest BCUT2D eigenvalue weighted by Crippen LogP contribution is -2.45. The van der Waals surface area contributed by atoms with Crippen LogP contribution in [0.5, 0.6) is 0 Å². The van der Waals surface area contributed by atoms with E-state index < -0.39 is 12.1 Å². The molecule has 0 spiro atoms. The Bertz CT molecular complexity index is 866. The van der Waals surface area contributed by atoms with Gasteiger partial charge in [-0.1, -0.05) is 249 Å². The highest BCUT2D eigenvalue weighted by atomic mass is 16.3. The maximum Gasteiger partial charge on any atom is 0.220 e. The summed E-state index contributed by atoms with van der Waals surface area (Å²) < 4.78 is 0. The van der Waals surface area contributed by atoms with Gasteiger partial charge in [0.05, 0.1) is 18.8 Å². The molecule has 4 nitrogen and oxygen atoms in total. The predicted octanol–water partition coefficient (Wildman–Crippen LogP) is 16.5. The van der Waals surface area contributed by atoms with Gasteiger partial charge >= 0.3 is 0 Å². The first-order chi connectivity index (χ1) is 28.2. The zero-order chi connectivity index (χ0) is 41.4. The molecule has 0 fully saturated rings. The maximum atomic E-state index is 12.4. The second kappa shape index (κ2) is 49.0. The van der Waals surface area contributed by atoms with Gasteiger partial charge in [-0.2, -0.15) is 0 Å². The number of carbonyl (C=O) groups is 1. The summed E-state index contributed by atoms with van der Waals surface area (Å²) in [4.78, 5) is 12.4. The molecule has 3 N–H and O–H groups in total. The molecule has 2 atom stereocenters. The van der Waals surface area contributed by atoms with Gasteiger partial charge in [0.25, 0.3) is 0 Å². The zero-order valence-corrected chi connectivity index (χ0v) is 38.6. The van der Waals surface area contributed by atoms with Gasteiger partial charge < -0.3 is 15.5 Å². The first-order valence-electron chi connectivity index (χ1n) is 25.7.